The lowest BCUT2D eigenvalue weighted by Crippen LogP contribution is -2.24. The molecular weight excluding hydrogens is 404 g/mol. The Labute approximate surface area is 176 Å². The van der Waals surface area contributed by atoms with Gasteiger partial charge in [-0.3, -0.25) is 9.59 Å². The third kappa shape index (κ3) is 3.41. The average molecular weight is 422 g/mol. The SMILES string of the molecule is Cn1c(SCC(=O)c2ccc3c(c2)CC(=O)N3)nnc1[C@@H]1COc2ccccc2O1. The first-order valence-electron chi connectivity index (χ1n) is 9.45. The van der Waals surface area contributed by atoms with Gasteiger partial charge in [0.1, 0.15) is 6.61 Å². The van der Waals surface area contributed by atoms with Gasteiger partial charge in [0.2, 0.25) is 5.91 Å². The van der Waals surface area contributed by atoms with Gasteiger partial charge in [0.05, 0.1) is 12.2 Å². The molecule has 0 radical (unpaired) electrons. The Kier molecular flexibility index (Phi) is 4.66. The molecule has 5 rings (SSSR count). The molecule has 3 heterocycles. The fourth-order valence-electron chi connectivity index (χ4n) is 3.50. The largest absolute Gasteiger partial charge is 0.485 e. The second-order valence-electron chi connectivity index (χ2n) is 7.07. The molecule has 0 saturated carbocycles. The molecular formula is C21H18N4O4S. The fourth-order valence-corrected chi connectivity index (χ4v) is 4.31. The van der Waals surface area contributed by atoms with Gasteiger partial charge < -0.3 is 19.4 Å². The van der Waals surface area contributed by atoms with E-state index in [-0.39, 0.29) is 23.5 Å². The Morgan fingerprint density at radius 3 is 2.93 bits per heavy atom. The number of para-hydroxylation sites is 2. The fraction of sp³-hybridized carbons (Fsp3) is 0.238. The topological polar surface area (TPSA) is 95.3 Å². The minimum absolute atomic E-state index is 0.0297. The van der Waals surface area contributed by atoms with E-state index in [1.54, 1.807) is 18.2 Å². The molecule has 2 aliphatic rings. The van der Waals surface area contributed by atoms with E-state index in [0.717, 1.165) is 11.3 Å². The number of hydrogen-bond acceptors (Lipinski definition) is 7. The average Bonchev–Trinajstić information content (AvgIpc) is 3.32. The highest BCUT2D eigenvalue weighted by Crippen LogP contribution is 2.36. The van der Waals surface area contributed by atoms with Crippen molar-refractivity contribution in [2.45, 2.75) is 17.7 Å². The van der Waals surface area contributed by atoms with Crippen LogP contribution in [0.2, 0.25) is 0 Å². The Balaban J connectivity index is 1.26. The number of nitrogens with one attached hydrogen (secondary N) is 1. The van der Waals surface area contributed by atoms with Crippen LogP contribution in [0.15, 0.2) is 47.6 Å². The molecule has 0 unspecified atom stereocenters. The standard InChI is InChI=1S/C21H18N4O4S/c1-25-20(18-10-28-16-4-2-3-5-17(16)29-18)23-24-21(25)30-11-15(26)12-6-7-14-13(8-12)9-19(27)22-14/h2-8,18H,9-11H2,1H3,(H,22,27)/t18-/m0/s1. The molecule has 30 heavy (non-hydrogen) atoms. The predicted molar refractivity (Wildman–Crippen MR) is 110 cm³/mol. The van der Waals surface area contributed by atoms with E-state index in [4.69, 9.17) is 9.47 Å². The summed E-state index contributed by atoms with van der Waals surface area (Å²) in [6.07, 6.45) is -0.0627. The van der Waals surface area contributed by atoms with Crippen molar-refractivity contribution in [3.63, 3.8) is 0 Å². The van der Waals surface area contributed by atoms with E-state index in [1.807, 2.05) is 35.9 Å². The van der Waals surface area contributed by atoms with Gasteiger partial charge in [-0.05, 0) is 35.9 Å². The van der Waals surface area contributed by atoms with E-state index in [1.165, 1.54) is 11.8 Å². The molecule has 9 heteroatoms. The second kappa shape index (κ2) is 7.49. The number of amides is 1. The first kappa shape index (κ1) is 18.7. The molecule has 1 atom stereocenters. The van der Waals surface area contributed by atoms with E-state index < -0.39 is 0 Å². The Bertz CT molecular complexity index is 1160. The highest BCUT2D eigenvalue weighted by atomic mass is 32.2. The van der Waals surface area contributed by atoms with Crippen molar-refractivity contribution in [2.75, 3.05) is 17.7 Å². The lowest BCUT2D eigenvalue weighted by atomic mass is 10.1. The molecule has 1 N–H and O–H groups in total. The summed E-state index contributed by atoms with van der Waals surface area (Å²) in [6.45, 7) is 0.342. The monoisotopic (exact) mass is 422 g/mol. The molecule has 0 fully saturated rings. The normalized spacial score (nSPS) is 16.8. The summed E-state index contributed by atoms with van der Waals surface area (Å²) < 4.78 is 13.6. The van der Waals surface area contributed by atoms with Crippen molar-refractivity contribution in [1.82, 2.24) is 14.8 Å². The molecule has 2 aliphatic heterocycles. The second-order valence-corrected chi connectivity index (χ2v) is 8.02. The quantitative estimate of drug-likeness (QED) is 0.499. The molecule has 0 saturated heterocycles. The summed E-state index contributed by atoms with van der Waals surface area (Å²) in [4.78, 5) is 24.1. The van der Waals surface area contributed by atoms with Crippen LogP contribution in [0.4, 0.5) is 5.69 Å². The van der Waals surface area contributed by atoms with Crippen LogP contribution in [0.3, 0.4) is 0 Å². The maximum absolute atomic E-state index is 12.6. The molecule has 0 aliphatic carbocycles. The maximum atomic E-state index is 12.6. The van der Waals surface area contributed by atoms with Gasteiger partial charge in [-0.2, -0.15) is 0 Å². The summed E-state index contributed by atoms with van der Waals surface area (Å²) in [5, 5.41) is 11.9. The van der Waals surface area contributed by atoms with Crippen LogP contribution in [0.5, 0.6) is 11.5 Å². The molecule has 3 aromatic rings. The van der Waals surface area contributed by atoms with Crippen molar-refractivity contribution in [3.05, 3.63) is 59.4 Å². The molecule has 1 aromatic heterocycles. The van der Waals surface area contributed by atoms with Gasteiger partial charge in [-0.25, -0.2) is 0 Å². The number of carbonyl (C=O) groups is 2. The lowest BCUT2D eigenvalue weighted by molar-refractivity contribution is -0.115. The molecule has 2 aromatic carbocycles. The summed E-state index contributed by atoms with van der Waals surface area (Å²) in [7, 11) is 1.85. The number of Topliss-reactive ketones (excluding diaryl/α,β-unsaturated/α-hetero) is 1. The van der Waals surface area contributed by atoms with Crippen LogP contribution in [0, 0.1) is 0 Å². The van der Waals surface area contributed by atoms with Gasteiger partial charge in [-0.1, -0.05) is 23.9 Å². The van der Waals surface area contributed by atoms with Crippen LogP contribution in [-0.4, -0.2) is 38.8 Å². The molecule has 1 amide bonds. The van der Waals surface area contributed by atoms with E-state index in [9.17, 15) is 9.59 Å². The molecule has 8 nitrogen and oxygen atoms in total. The smallest absolute Gasteiger partial charge is 0.228 e. The molecule has 0 bridgehead atoms. The van der Waals surface area contributed by atoms with E-state index in [0.29, 0.717) is 41.1 Å². The van der Waals surface area contributed by atoms with Crippen molar-refractivity contribution >= 4 is 29.1 Å². The first-order valence-corrected chi connectivity index (χ1v) is 10.4. The predicted octanol–water partition coefficient (Wildman–Crippen LogP) is 2.80. The number of carbonyl (C=O) groups excluding carboxylic acids is 2. The van der Waals surface area contributed by atoms with Crippen molar-refractivity contribution in [2.24, 2.45) is 7.05 Å². The third-order valence-corrected chi connectivity index (χ3v) is 6.07. The van der Waals surface area contributed by atoms with Crippen molar-refractivity contribution in [1.29, 1.82) is 0 Å². The zero-order valence-electron chi connectivity index (χ0n) is 16.1. The van der Waals surface area contributed by atoms with E-state index >= 15 is 0 Å². The molecule has 0 spiro atoms. The van der Waals surface area contributed by atoms with Crippen LogP contribution in [-0.2, 0) is 18.3 Å². The number of nitrogens with zero attached hydrogens (tertiary/aromatic N) is 3. The zero-order chi connectivity index (χ0) is 20.7. The van der Waals surface area contributed by atoms with Gasteiger partial charge in [0, 0.05) is 18.3 Å². The number of aromatic nitrogens is 3. The number of rotatable bonds is 5. The lowest BCUT2D eigenvalue weighted by Gasteiger charge is -2.25. The number of benzene rings is 2. The highest BCUT2D eigenvalue weighted by Gasteiger charge is 2.27. The van der Waals surface area contributed by atoms with Gasteiger partial charge in [0.25, 0.3) is 0 Å². The maximum Gasteiger partial charge on any atom is 0.228 e. The van der Waals surface area contributed by atoms with Crippen molar-refractivity contribution in [3.8, 4) is 11.5 Å². The van der Waals surface area contributed by atoms with Crippen molar-refractivity contribution < 1.29 is 19.1 Å². The Hall–Kier alpha value is -3.33. The number of anilines is 1. The molecule has 152 valence electrons. The van der Waals surface area contributed by atoms with E-state index in [2.05, 4.69) is 15.5 Å². The van der Waals surface area contributed by atoms with Crippen LogP contribution in [0.1, 0.15) is 27.8 Å². The summed E-state index contributed by atoms with van der Waals surface area (Å²) >= 11 is 1.32. The third-order valence-electron chi connectivity index (χ3n) is 5.05. The number of hydrogen-bond donors (Lipinski definition) is 1. The Morgan fingerprint density at radius 1 is 1.23 bits per heavy atom. The van der Waals surface area contributed by atoms with Crippen LogP contribution < -0.4 is 14.8 Å². The number of thioether (sulfide) groups is 1. The minimum Gasteiger partial charge on any atom is -0.485 e. The number of ether oxygens (including phenoxy) is 2. The summed E-state index contributed by atoms with van der Waals surface area (Å²) in [6, 6.07) is 12.8. The van der Waals surface area contributed by atoms with Gasteiger partial charge >= 0.3 is 0 Å². The van der Waals surface area contributed by atoms with Gasteiger partial charge in [-0.15, -0.1) is 10.2 Å². The minimum atomic E-state index is -0.371. The first-order chi connectivity index (χ1) is 14.6. The van der Waals surface area contributed by atoms with Crippen LogP contribution in [0.25, 0.3) is 0 Å². The zero-order valence-corrected chi connectivity index (χ0v) is 16.9. The number of fused-ring (bicyclic) bond motifs is 2. The summed E-state index contributed by atoms with van der Waals surface area (Å²) in [5.41, 5.74) is 2.21. The number of ketones is 1. The van der Waals surface area contributed by atoms with Crippen LogP contribution >= 0.6 is 11.8 Å². The van der Waals surface area contributed by atoms with Gasteiger partial charge in [0.15, 0.2) is 34.4 Å². The highest BCUT2D eigenvalue weighted by molar-refractivity contribution is 7.99. The summed E-state index contributed by atoms with van der Waals surface area (Å²) in [5.74, 6) is 2.16. The Morgan fingerprint density at radius 2 is 2.07 bits per heavy atom.